The van der Waals surface area contributed by atoms with Crippen molar-refractivity contribution in [2.24, 2.45) is 4.99 Å². The van der Waals surface area contributed by atoms with Gasteiger partial charge in [0.1, 0.15) is 0 Å². The van der Waals surface area contributed by atoms with Crippen molar-refractivity contribution < 1.29 is 14.3 Å². The minimum Gasteiger partial charge on any atom is -0.493 e. The Bertz CT molecular complexity index is 850. The highest BCUT2D eigenvalue weighted by Gasteiger charge is 2.10. The lowest BCUT2D eigenvalue weighted by atomic mass is 10.1. The van der Waals surface area contributed by atoms with Crippen molar-refractivity contribution in [3.63, 3.8) is 0 Å². The van der Waals surface area contributed by atoms with Crippen LogP contribution in [0.25, 0.3) is 0 Å². The fourth-order valence-electron chi connectivity index (χ4n) is 2.94. The van der Waals surface area contributed by atoms with Crippen molar-refractivity contribution in [1.82, 2.24) is 15.5 Å². The number of ether oxygens (including phenoxy) is 2. The van der Waals surface area contributed by atoms with E-state index in [1.807, 2.05) is 42.5 Å². The first kappa shape index (κ1) is 22.1. The summed E-state index contributed by atoms with van der Waals surface area (Å²) in [6.07, 6.45) is 0.776. The van der Waals surface area contributed by atoms with E-state index in [1.54, 1.807) is 40.3 Å². The van der Waals surface area contributed by atoms with Gasteiger partial charge < -0.3 is 25.0 Å². The Morgan fingerprint density at radius 2 is 1.83 bits per heavy atom. The summed E-state index contributed by atoms with van der Waals surface area (Å²) in [4.78, 5) is 17.9. The van der Waals surface area contributed by atoms with E-state index in [2.05, 4.69) is 15.6 Å². The second kappa shape index (κ2) is 10.9. The molecule has 0 aliphatic heterocycles. The first-order chi connectivity index (χ1) is 14.0. The molecule has 156 valence electrons. The molecule has 2 aromatic carbocycles. The van der Waals surface area contributed by atoms with E-state index in [1.165, 1.54) is 0 Å². The van der Waals surface area contributed by atoms with E-state index in [0.717, 1.165) is 17.5 Å². The minimum absolute atomic E-state index is 0.00419. The van der Waals surface area contributed by atoms with Gasteiger partial charge in [0.2, 0.25) is 0 Å². The van der Waals surface area contributed by atoms with Crippen LogP contribution in [0.4, 0.5) is 0 Å². The van der Waals surface area contributed by atoms with Gasteiger partial charge in [0.05, 0.1) is 14.2 Å². The zero-order valence-electron chi connectivity index (χ0n) is 17.8. The molecule has 0 atom stereocenters. The van der Waals surface area contributed by atoms with Gasteiger partial charge in [-0.25, -0.2) is 0 Å². The van der Waals surface area contributed by atoms with Crippen LogP contribution in [0.1, 0.15) is 21.5 Å². The van der Waals surface area contributed by atoms with E-state index >= 15 is 0 Å². The van der Waals surface area contributed by atoms with Gasteiger partial charge >= 0.3 is 0 Å². The third-order valence-corrected chi connectivity index (χ3v) is 4.44. The molecule has 0 spiro atoms. The van der Waals surface area contributed by atoms with Crippen molar-refractivity contribution >= 4 is 11.9 Å². The molecule has 29 heavy (non-hydrogen) atoms. The number of carbonyl (C=O) groups excluding carboxylic acids is 1. The van der Waals surface area contributed by atoms with Crippen molar-refractivity contribution in [3.05, 3.63) is 59.2 Å². The predicted molar refractivity (Wildman–Crippen MR) is 116 cm³/mol. The number of rotatable bonds is 8. The van der Waals surface area contributed by atoms with Gasteiger partial charge in [-0.05, 0) is 30.2 Å². The van der Waals surface area contributed by atoms with Gasteiger partial charge in [-0.3, -0.25) is 9.79 Å². The number of benzene rings is 2. The Balaban J connectivity index is 1.91. The van der Waals surface area contributed by atoms with Gasteiger partial charge in [-0.2, -0.15) is 0 Å². The lowest BCUT2D eigenvalue weighted by molar-refractivity contribution is 0.0827. The summed E-state index contributed by atoms with van der Waals surface area (Å²) >= 11 is 0. The van der Waals surface area contributed by atoms with E-state index in [-0.39, 0.29) is 5.91 Å². The average molecular weight is 399 g/mol. The highest BCUT2D eigenvalue weighted by Crippen LogP contribution is 2.30. The summed E-state index contributed by atoms with van der Waals surface area (Å²) in [6.45, 7) is 1.24. The van der Waals surface area contributed by atoms with Crippen LogP contribution in [-0.2, 0) is 13.0 Å². The van der Waals surface area contributed by atoms with Crippen LogP contribution in [0.3, 0.4) is 0 Å². The normalized spacial score (nSPS) is 11.0. The SMILES string of the molecule is CN=C(NCCc1cccc(C(=O)N(C)C)c1)NCc1cccc(OC)c1OC. The molecule has 2 aromatic rings. The number of para-hydroxylation sites is 1. The maximum Gasteiger partial charge on any atom is 0.253 e. The molecule has 2 rings (SSSR count). The van der Waals surface area contributed by atoms with Gasteiger partial charge in [-0.15, -0.1) is 0 Å². The second-order valence-electron chi connectivity index (χ2n) is 6.66. The maximum atomic E-state index is 12.1. The molecule has 0 bridgehead atoms. The monoisotopic (exact) mass is 398 g/mol. The first-order valence-corrected chi connectivity index (χ1v) is 9.45. The van der Waals surface area contributed by atoms with Gasteiger partial charge in [-0.1, -0.05) is 24.3 Å². The number of nitrogens with zero attached hydrogens (tertiary/aromatic N) is 2. The van der Waals surface area contributed by atoms with Crippen LogP contribution in [0.5, 0.6) is 11.5 Å². The summed E-state index contributed by atoms with van der Waals surface area (Å²) in [5, 5.41) is 6.58. The van der Waals surface area contributed by atoms with Crippen LogP contribution in [-0.4, -0.2) is 58.7 Å². The van der Waals surface area contributed by atoms with Gasteiger partial charge in [0.15, 0.2) is 17.5 Å². The molecule has 0 aromatic heterocycles. The summed E-state index contributed by atoms with van der Waals surface area (Å²) in [6, 6.07) is 13.5. The summed E-state index contributed by atoms with van der Waals surface area (Å²) < 4.78 is 10.8. The number of amides is 1. The molecule has 2 N–H and O–H groups in total. The smallest absolute Gasteiger partial charge is 0.253 e. The Labute approximate surface area is 172 Å². The van der Waals surface area contributed by atoms with Crippen LogP contribution in [0, 0.1) is 0 Å². The third-order valence-electron chi connectivity index (χ3n) is 4.44. The first-order valence-electron chi connectivity index (χ1n) is 9.45. The highest BCUT2D eigenvalue weighted by atomic mass is 16.5. The standard InChI is InChI=1S/C22H30N4O3/c1-23-22(25-15-18-10-7-11-19(28-4)20(18)29-5)24-13-12-16-8-6-9-17(14-16)21(27)26(2)3/h6-11,14H,12-13,15H2,1-5H3,(H2,23,24,25). The molecular weight excluding hydrogens is 368 g/mol. The Morgan fingerprint density at radius 1 is 1.07 bits per heavy atom. The minimum atomic E-state index is 0.00419. The number of carbonyl (C=O) groups is 1. The molecule has 7 heteroatoms. The predicted octanol–water partition coefficient (Wildman–Crippen LogP) is 2.31. The Kier molecular flexibility index (Phi) is 8.33. The number of guanidine groups is 1. The van der Waals surface area contributed by atoms with Crippen LogP contribution in [0.15, 0.2) is 47.5 Å². The summed E-state index contributed by atoms with van der Waals surface area (Å²) in [5.41, 5.74) is 2.76. The third kappa shape index (κ3) is 6.14. The fraction of sp³-hybridized carbons (Fsp3) is 0.364. The highest BCUT2D eigenvalue weighted by molar-refractivity contribution is 5.94. The second-order valence-corrected chi connectivity index (χ2v) is 6.66. The number of hydrogen-bond acceptors (Lipinski definition) is 4. The summed E-state index contributed by atoms with van der Waals surface area (Å²) in [5.74, 6) is 2.10. The fourth-order valence-corrected chi connectivity index (χ4v) is 2.94. The Hall–Kier alpha value is -3.22. The van der Waals surface area contributed by atoms with Crippen molar-refractivity contribution in [3.8, 4) is 11.5 Å². The topological polar surface area (TPSA) is 75.2 Å². The Morgan fingerprint density at radius 3 is 2.48 bits per heavy atom. The molecule has 0 saturated heterocycles. The molecule has 0 aliphatic rings. The molecule has 0 heterocycles. The average Bonchev–Trinajstić information content (AvgIpc) is 2.75. The number of nitrogens with one attached hydrogen (secondary N) is 2. The van der Waals surface area contributed by atoms with Crippen LogP contribution < -0.4 is 20.1 Å². The van der Waals surface area contributed by atoms with Gasteiger partial charge in [0.25, 0.3) is 5.91 Å². The molecule has 0 saturated carbocycles. The quantitative estimate of drug-likeness (QED) is 0.527. The summed E-state index contributed by atoms with van der Waals surface area (Å²) in [7, 11) is 8.49. The number of hydrogen-bond donors (Lipinski definition) is 2. The molecule has 0 aliphatic carbocycles. The van der Waals surface area contributed by atoms with Crippen LogP contribution >= 0.6 is 0 Å². The number of methoxy groups -OCH3 is 2. The zero-order valence-corrected chi connectivity index (χ0v) is 17.8. The van der Waals surface area contributed by atoms with E-state index in [0.29, 0.717) is 36.1 Å². The molecular formula is C22H30N4O3. The molecule has 0 radical (unpaired) electrons. The number of aliphatic imine (C=N–C) groups is 1. The largest absolute Gasteiger partial charge is 0.493 e. The van der Waals surface area contributed by atoms with Crippen LogP contribution in [0.2, 0.25) is 0 Å². The van der Waals surface area contributed by atoms with E-state index in [4.69, 9.17) is 9.47 Å². The van der Waals surface area contributed by atoms with E-state index in [9.17, 15) is 4.79 Å². The van der Waals surface area contributed by atoms with Crippen molar-refractivity contribution in [1.29, 1.82) is 0 Å². The maximum absolute atomic E-state index is 12.1. The molecule has 0 fully saturated rings. The lowest BCUT2D eigenvalue weighted by Gasteiger charge is -2.15. The zero-order chi connectivity index (χ0) is 21.2. The molecule has 1 amide bonds. The van der Waals surface area contributed by atoms with Crippen molar-refractivity contribution in [2.45, 2.75) is 13.0 Å². The van der Waals surface area contributed by atoms with Gasteiger partial charge in [0, 0.05) is 45.4 Å². The molecule has 7 nitrogen and oxygen atoms in total. The molecule has 0 unspecified atom stereocenters. The van der Waals surface area contributed by atoms with E-state index < -0.39 is 0 Å². The van der Waals surface area contributed by atoms with Crippen molar-refractivity contribution in [2.75, 3.05) is 41.9 Å². The lowest BCUT2D eigenvalue weighted by Crippen LogP contribution is -2.38.